The van der Waals surface area contributed by atoms with Crippen molar-refractivity contribution >= 4 is 36.5 Å². The van der Waals surface area contributed by atoms with E-state index in [1.165, 1.54) is 24.8 Å². The van der Waals surface area contributed by atoms with Crippen molar-refractivity contribution in [2.45, 2.75) is 97.1 Å². The Kier molecular flexibility index (Phi) is 16.5. The van der Waals surface area contributed by atoms with E-state index in [2.05, 4.69) is 88.1 Å². The van der Waals surface area contributed by atoms with E-state index < -0.39 is 16.1 Å². The molecule has 2 aliphatic rings. The summed E-state index contributed by atoms with van der Waals surface area (Å²) in [5.41, 5.74) is 4.94. The van der Waals surface area contributed by atoms with E-state index in [9.17, 15) is 0 Å². The topological polar surface area (TPSA) is 51.2 Å². The van der Waals surface area contributed by atoms with Crippen LogP contribution in [0.2, 0.25) is 36.3 Å². The average molecular weight is 505 g/mol. The van der Waals surface area contributed by atoms with Crippen molar-refractivity contribution in [3.05, 3.63) is 41.1 Å². The van der Waals surface area contributed by atoms with Gasteiger partial charge in [0.15, 0.2) is 0 Å². The molecule has 0 radical (unpaired) electrons. The standard InChI is InChI=1S/C21H38Si2.3CHO.CH3.Fe/c1-15-18(22(8,9)20(2,3)4)16-13-12-14-17(16)19(15)23(10,11)21(5,6)7;3*1-2;;/h1,12-14H2,2-11H3;3*1H;1H3;/q;4*-1;+4. The van der Waals surface area contributed by atoms with E-state index in [4.69, 9.17) is 21.0 Å². The largest absolute Gasteiger partial charge is 4.00 e. The van der Waals surface area contributed by atoms with Crippen LogP contribution in [0, 0.1) is 7.43 Å². The maximum atomic E-state index is 7.75. The van der Waals surface area contributed by atoms with Gasteiger partial charge in [0.1, 0.15) is 0 Å². The number of hydrogen-bond donors (Lipinski definition) is 0. The second kappa shape index (κ2) is 13.7. The Balaban J connectivity index is -0.000000419. The van der Waals surface area contributed by atoms with E-state index >= 15 is 0 Å². The van der Waals surface area contributed by atoms with Crippen LogP contribution in [0.5, 0.6) is 0 Å². The summed E-state index contributed by atoms with van der Waals surface area (Å²) >= 11 is 0. The summed E-state index contributed by atoms with van der Waals surface area (Å²) in [6.45, 7) is 39.4. The van der Waals surface area contributed by atoms with Crippen LogP contribution in [0.4, 0.5) is 0 Å². The summed E-state index contributed by atoms with van der Waals surface area (Å²) in [5, 5.41) is 4.23. The molecule has 0 N–H and O–H groups in total. The summed E-state index contributed by atoms with van der Waals surface area (Å²) in [7, 11) is -3.08. The zero-order valence-corrected chi connectivity index (χ0v) is 24.7. The third-order valence-electron chi connectivity index (χ3n) is 7.42. The van der Waals surface area contributed by atoms with Crippen molar-refractivity contribution in [3.63, 3.8) is 0 Å². The van der Waals surface area contributed by atoms with E-state index in [1.54, 1.807) is 21.5 Å². The second-order valence-electron chi connectivity index (χ2n) is 10.8. The number of hydrogen-bond acceptors (Lipinski definition) is 3. The summed E-state index contributed by atoms with van der Waals surface area (Å²) in [4.78, 5) is 23.2. The van der Waals surface area contributed by atoms with Gasteiger partial charge in [-0.2, -0.15) is 0 Å². The SMILES string of the molecule is C=C1C([Si](C)(C)C(C)(C)C)=C2CCCC2=C1[Si](C)(C)C(C)(C)C.[CH-]=O.[CH-]=O.[CH-]=O.[CH3-].[Fe+4]. The molecule has 1 saturated carbocycles. The Labute approximate surface area is 205 Å². The van der Waals surface area contributed by atoms with Crippen molar-refractivity contribution in [3.8, 4) is 0 Å². The Morgan fingerprint density at radius 2 is 0.903 bits per heavy atom. The van der Waals surface area contributed by atoms with Crippen molar-refractivity contribution in [1.29, 1.82) is 0 Å². The Hall–Kier alpha value is -0.817. The van der Waals surface area contributed by atoms with Crippen LogP contribution >= 0.6 is 0 Å². The van der Waals surface area contributed by atoms with Gasteiger partial charge in [-0.3, -0.25) is 20.4 Å². The molecule has 0 aromatic rings. The molecular formula is C25H44FeO3Si2. The fraction of sp³-hybridized carbons (Fsp3) is 0.600. The summed E-state index contributed by atoms with van der Waals surface area (Å²) in [6, 6.07) is 0. The van der Waals surface area contributed by atoms with E-state index in [-0.39, 0.29) is 24.5 Å². The molecule has 0 aliphatic heterocycles. The van der Waals surface area contributed by atoms with Gasteiger partial charge in [0.05, 0.1) is 16.1 Å². The molecule has 178 valence electrons. The van der Waals surface area contributed by atoms with Crippen LogP contribution in [0.15, 0.2) is 33.7 Å². The van der Waals surface area contributed by atoms with Gasteiger partial charge in [-0.1, -0.05) is 74.3 Å². The summed E-state index contributed by atoms with van der Waals surface area (Å²) in [6.07, 6.45) is 3.96. The molecular weight excluding hydrogens is 460 g/mol. The van der Waals surface area contributed by atoms with Gasteiger partial charge in [0, 0.05) is 0 Å². The number of carbonyl (C=O) groups excluding carboxylic acids is 3. The maximum absolute atomic E-state index is 7.75. The van der Waals surface area contributed by atoms with Crippen molar-refractivity contribution in [2.24, 2.45) is 0 Å². The van der Waals surface area contributed by atoms with Crippen LogP contribution < -0.4 is 0 Å². The van der Waals surface area contributed by atoms with E-state index in [0.29, 0.717) is 10.1 Å². The predicted molar refractivity (Wildman–Crippen MR) is 138 cm³/mol. The third kappa shape index (κ3) is 7.08. The van der Waals surface area contributed by atoms with Crippen LogP contribution in [0.25, 0.3) is 0 Å². The molecule has 0 aromatic heterocycles. The zero-order chi connectivity index (χ0) is 24.0. The molecule has 0 spiro atoms. The van der Waals surface area contributed by atoms with Gasteiger partial charge in [-0.25, -0.2) is 0 Å². The van der Waals surface area contributed by atoms with E-state index in [1.807, 2.05) is 0 Å². The molecule has 3 nitrogen and oxygen atoms in total. The van der Waals surface area contributed by atoms with Gasteiger partial charge >= 0.3 is 17.1 Å². The molecule has 0 heterocycles. The third-order valence-corrected chi connectivity index (χ3v) is 18.6. The van der Waals surface area contributed by atoms with Crippen LogP contribution in [0.3, 0.4) is 0 Å². The Morgan fingerprint density at radius 1 is 0.677 bits per heavy atom. The normalized spacial score (nSPS) is 15.7. The quantitative estimate of drug-likeness (QED) is 0.230. The van der Waals surface area contributed by atoms with Gasteiger partial charge in [-0.05, 0) is 56.5 Å². The molecule has 1 fully saturated rings. The van der Waals surface area contributed by atoms with Crippen LogP contribution in [0.1, 0.15) is 60.8 Å². The summed E-state index contributed by atoms with van der Waals surface area (Å²) < 4.78 is 0. The first-order valence-corrected chi connectivity index (χ1v) is 16.0. The van der Waals surface area contributed by atoms with Gasteiger partial charge in [-0.15, -0.1) is 0 Å². The van der Waals surface area contributed by atoms with E-state index in [0.717, 1.165) is 0 Å². The minimum atomic E-state index is -1.54. The molecule has 0 bridgehead atoms. The van der Waals surface area contributed by atoms with Crippen molar-refractivity contribution in [1.82, 2.24) is 0 Å². The average Bonchev–Trinajstić information content (AvgIpc) is 3.17. The zero-order valence-electron chi connectivity index (χ0n) is 21.6. The number of fused-ring (bicyclic) bond motifs is 1. The first-order chi connectivity index (χ1) is 13.1. The molecule has 0 atom stereocenters. The molecule has 2 rings (SSSR count). The molecule has 31 heavy (non-hydrogen) atoms. The Morgan fingerprint density at radius 3 is 1.10 bits per heavy atom. The van der Waals surface area contributed by atoms with Crippen LogP contribution in [-0.4, -0.2) is 36.5 Å². The fourth-order valence-electron chi connectivity index (χ4n) is 4.04. The maximum Gasteiger partial charge on any atom is 4.00 e. The van der Waals surface area contributed by atoms with Crippen molar-refractivity contribution < 1.29 is 31.5 Å². The second-order valence-corrected chi connectivity index (χ2v) is 21.3. The predicted octanol–water partition coefficient (Wildman–Crippen LogP) is 7.05. The molecule has 0 saturated heterocycles. The molecule has 2 aliphatic carbocycles. The first kappa shape index (κ1) is 37.5. The number of allylic oxidation sites excluding steroid dienone is 5. The molecule has 0 unspecified atom stereocenters. The first-order valence-electron chi connectivity index (χ1n) is 10.0. The van der Waals surface area contributed by atoms with Crippen LogP contribution in [-0.2, 0) is 31.5 Å². The minimum Gasteiger partial charge on any atom is -0.545 e. The minimum absolute atomic E-state index is 0. The number of rotatable bonds is 2. The summed E-state index contributed by atoms with van der Waals surface area (Å²) in [5.74, 6) is 0. The molecule has 0 aromatic carbocycles. The van der Waals surface area contributed by atoms with Gasteiger partial charge in [0.2, 0.25) is 0 Å². The smallest absolute Gasteiger partial charge is 0.545 e. The van der Waals surface area contributed by atoms with Gasteiger partial charge < -0.3 is 21.8 Å². The van der Waals surface area contributed by atoms with Crippen molar-refractivity contribution in [2.75, 3.05) is 0 Å². The monoisotopic (exact) mass is 504 g/mol. The Bertz CT molecular complexity index is 606. The fourth-order valence-corrected chi connectivity index (χ4v) is 9.49. The molecule has 0 amide bonds. The van der Waals surface area contributed by atoms with Gasteiger partial charge in [0.25, 0.3) is 0 Å². The molecule has 6 heteroatoms.